The van der Waals surface area contributed by atoms with Gasteiger partial charge in [0.25, 0.3) is 0 Å². The summed E-state index contributed by atoms with van der Waals surface area (Å²) >= 11 is 0. The number of carboxylic acid groups (broad SMARTS) is 1. The molecular formula is C15H22N2O6. The molecule has 2 amide bonds. The number of carboxylic acids is 1. The van der Waals surface area contributed by atoms with Crippen molar-refractivity contribution in [1.82, 2.24) is 10.2 Å². The Labute approximate surface area is 134 Å². The van der Waals surface area contributed by atoms with Crippen molar-refractivity contribution in [3.05, 3.63) is 23.8 Å². The van der Waals surface area contributed by atoms with Gasteiger partial charge in [-0.25, -0.2) is 4.79 Å². The van der Waals surface area contributed by atoms with Gasteiger partial charge in [0.15, 0.2) is 0 Å². The first-order chi connectivity index (χ1) is 11.0. The lowest BCUT2D eigenvalue weighted by molar-refractivity contribution is -0.136. The van der Waals surface area contributed by atoms with Gasteiger partial charge in [0.2, 0.25) is 0 Å². The third kappa shape index (κ3) is 6.03. The van der Waals surface area contributed by atoms with Gasteiger partial charge in [-0.05, 0) is 18.2 Å². The molecule has 0 radical (unpaired) electrons. The van der Waals surface area contributed by atoms with Crippen molar-refractivity contribution in [3.8, 4) is 11.5 Å². The summed E-state index contributed by atoms with van der Waals surface area (Å²) in [6.45, 7) is 0.114. The van der Waals surface area contributed by atoms with Crippen molar-refractivity contribution in [3.63, 3.8) is 0 Å². The van der Waals surface area contributed by atoms with Crippen LogP contribution in [0, 0.1) is 0 Å². The van der Waals surface area contributed by atoms with Crippen LogP contribution < -0.4 is 14.8 Å². The van der Waals surface area contributed by atoms with Gasteiger partial charge in [0.05, 0.1) is 33.8 Å². The number of aliphatic carboxylic acids is 1. The van der Waals surface area contributed by atoms with E-state index >= 15 is 0 Å². The molecule has 0 aromatic heterocycles. The summed E-state index contributed by atoms with van der Waals surface area (Å²) in [7, 11) is 3.06. The number of benzene rings is 1. The monoisotopic (exact) mass is 326 g/mol. The van der Waals surface area contributed by atoms with Crippen molar-refractivity contribution < 1.29 is 29.3 Å². The molecule has 0 unspecified atom stereocenters. The van der Waals surface area contributed by atoms with E-state index in [-0.39, 0.29) is 32.7 Å². The highest BCUT2D eigenvalue weighted by Crippen LogP contribution is 2.25. The third-order valence-corrected chi connectivity index (χ3v) is 3.12. The number of amides is 2. The van der Waals surface area contributed by atoms with E-state index in [0.29, 0.717) is 17.1 Å². The Balaban J connectivity index is 2.82. The summed E-state index contributed by atoms with van der Waals surface area (Å²) in [5.74, 6) is 0.219. The number of methoxy groups -OCH3 is 2. The predicted molar refractivity (Wildman–Crippen MR) is 82.7 cm³/mol. The summed E-state index contributed by atoms with van der Waals surface area (Å²) < 4.78 is 10.4. The first-order valence-corrected chi connectivity index (χ1v) is 7.08. The molecule has 0 atom stereocenters. The number of aliphatic hydroxyl groups is 1. The number of ether oxygens (including phenoxy) is 2. The first-order valence-electron chi connectivity index (χ1n) is 7.08. The Morgan fingerprint density at radius 2 is 2.00 bits per heavy atom. The Bertz CT molecular complexity index is 535. The molecule has 8 heteroatoms. The number of carbonyl (C=O) groups is 2. The van der Waals surface area contributed by atoms with Crippen LogP contribution in [-0.2, 0) is 11.3 Å². The van der Waals surface area contributed by atoms with Crippen LogP contribution in [0.3, 0.4) is 0 Å². The van der Waals surface area contributed by atoms with Crippen molar-refractivity contribution in [1.29, 1.82) is 0 Å². The molecule has 1 rings (SSSR count). The smallest absolute Gasteiger partial charge is 0.317 e. The zero-order valence-corrected chi connectivity index (χ0v) is 13.2. The Kier molecular flexibility index (Phi) is 7.69. The van der Waals surface area contributed by atoms with Crippen LogP contribution in [0.5, 0.6) is 11.5 Å². The van der Waals surface area contributed by atoms with Gasteiger partial charge in [-0.2, -0.15) is 0 Å². The van der Waals surface area contributed by atoms with E-state index in [1.165, 1.54) is 19.1 Å². The zero-order valence-electron chi connectivity index (χ0n) is 13.2. The molecule has 0 saturated heterocycles. The first kappa shape index (κ1) is 18.6. The molecule has 0 aliphatic carbocycles. The van der Waals surface area contributed by atoms with Gasteiger partial charge in [0, 0.05) is 18.7 Å². The van der Waals surface area contributed by atoms with Crippen LogP contribution >= 0.6 is 0 Å². The highest BCUT2D eigenvalue weighted by molar-refractivity contribution is 5.75. The minimum absolute atomic E-state index is 0.0192. The van der Waals surface area contributed by atoms with E-state index in [1.807, 2.05) is 0 Å². The van der Waals surface area contributed by atoms with Gasteiger partial charge in [-0.3, -0.25) is 4.79 Å². The van der Waals surface area contributed by atoms with Crippen LogP contribution in [0.1, 0.15) is 12.0 Å². The predicted octanol–water partition coefficient (Wildman–Crippen LogP) is 0.682. The summed E-state index contributed by atoms with van der Waals surface area (Å²) in [6, 6.07) is 4.76. The maximum atomic E-state index is 12.1. The van der Waals surface area contributed by atoms with Gasteiger partial charge in [-0.1, -0.05) is 0 Å². The fourth-order valence-corrected chi connectivity index (χ4v) is 1.97. The highest BCUT2D eigenvalue weighted by atomic mass is 16.5. The number of carbonyl (C=O) groups excluding carboxylic acids is 1. The number of nitrogens with zero attached hydrogens (tertiary/aromatic N) is 1. The molecule has 23 heavy (non-hydrogen) atoms. The van der Waals surface area contributed by atoms with Crippen LogP contribution in [0.4, 0.5) is 4.79 Å². The average Bonchev–Trinajstić information content (AvgIpc) is 2.53. The zero-order chi connectivity index (χ0) is 17.2. The molecular weight excluding hydrogens is 304 g/mol. The molecule has 1 aromatic rings. The number of hydrogen-bond acceptors (Lipinski definition) is 5. The molecule has 0 aliphatic heterocycles. The fraction of sp³-hybridized carbons (Fsp3) is 0.467. The summed E-state index contributed by atoms with van der Waals surface area (Å²) in [4.78, 5) is 24.0. The molecule has 128 valence electrons. The van der Waals surface area contributed by atoms with E-state index in [9.17, 15) is 9.59 Å². The highest BCUT2D eigenvalue weighted by Gasteiger charge is 2.16. The second kappa shape index (κ2) is 9.52. The molecule has 1 aromatic carbocycles. The molecule has 8 nitrogen and oxygen atoms in total. The Hall–Kier alpha value is -2.48. The van der Waals surface area contributed by atoms with Crippen molar-refractivity contribution in [2.75, 3.05) is 33.9 Å². The van der Waals surface area contributed by atoms with Crippen molar-refractivity contribution >= 4 is 12.0 Å². The number of nitrogens with one attached hydrogen (secondary N) is 1. The Morgan fingerprint density at radius 1 is 1.26 bits per heavy atom. The standard InChI is InChI=1S/C15H22N2O6/c1-22-12-3-4-13(23-2)11(9-12)10-17(7-8-18)15(21)16-6-5-14(19)20/h3-4,9,18H,5-8,10H2,1-2H3,(H,16,21)(H,19,20). The normalized spacial score (nSPS) is 10.0. The van der Waals surface area contributed by atoms with Crippen molar-refractivity contribution in [2.45, 2.75) is 13.0 Å². The summed E-state index contributed by atoms with van der Waals surface area (Å²) in [5, 5.41) is 20.2. The fourth-order valence-electron chi connectivity index (χ4n) is 1.97. The van der Waals surface area contributed by atoms with E-state index in [2.05, 4.69) is 5.32 Å². The van der Waals surface area contributed by atoms with Crippen LogP contribution in [0.2, 0.25) is 0 Å². The molecule has 0 spiro atoms. The van der Waals surface area contributed by atoms with Crippen LogP contribution in [0.15, 0.2) is 18.2 Å². The van der Waals surface area contributed by atoms with E-state index in [0.717, 1.165) is 0 Å². The van der Waals surface area contributed by atoms with Gasteiger partial charge < -0.3 is 29.9 Å². The third-order valence-electron chi connectivity index (χ3n) is 3.12. The summed E-state index contributed by atoms with van der Waals surface area (Å²) in [5.41, 5.74) is 0.716. The molecule has 0 bridgehead atoms. The minimum atomic E-state index is -0.992. The molecule has 0 saturated carbocycles. The number of aliphatic hydroxyl groups excluding tert-OH is 1. The number of hydrogen-bond donors (Lipinski definition) is 3. The number of urea groups is 1. The molecule has 0 aliphatic rings. The van der Waals surface area contributed by atoms with E-state index in [4.69, 9.17) is 19.7 Å². The maximum Gasteiger partial charge on any atom is 0.317 e. The SMILES string of the molecule is COc1ccc(OC)c(CN(CCO)C(=O)NCCC(=O)O)c1. The molecule has 0 fully saturated rings. The molecule has 3 N–H and O–H groups in total. The maximum absolute atomic E-state index is 12.1. The molecule has 0 heterocycles. The van der Waals surface area contributed by atoms with Gasteiger partial charge in [-0.15, -0.1) is 0 Å². The lowest BCUT2D eigenvalue weighted by Gasteiger charge is -2.23. The van der Waals surface area contributed by atoms with Gasteiger partial charge >= 0.3 is 12.0 Å². The van der Waals surface area contributed by atoms with E-state index < -0.39 is 12.0 Å². The van der Waals surface area contributed by atoms with Crippen molar-refractivity contribution in [2.24, 2.45) is 0 Å². The summed E-state index contributed by atoms with van der Waals surface area (Å²) in [6.07, 6.45) is -0.165. The lowest BCUT2D eigenvalue weighted by Crippen LogP contribution is -2.41. The average molecular weight is 326 g/mol. The quantitative estimate of drug-likeness (QED) is 0.616. The number of rotatable bonds is 9. The van der Waals surface area contributed by atoms with Crippen LogP contribution in [0.25, 0.3) is 0 Å². The van der Waals surface area contributed by atoms with E-state index in [1.54, 1.807) is 18.2 Å². The van der Waals surface area contributed by atoms with Crippen LogP contribution in [-0.4, -0.2) is 61.0 Å². The second-order valence-electron chi connectivity index (χ2n) is 4.70. The lowest BCUT2D eigenvalue weighted by atomic mass is 10.1. The largest absolute Gasteiger partial charge is 0.497 e. The minimum Gasteiger partial charge on any atom is -0.497 e. The second-order valence-corrected chi connectivity index (χ2v) is 4.70. The van der Waals surface area contributed by atoms with Gasteiger partial charge in [0.1, 0.15) is 11.5 Å². The topological polar surface area (TPSA) is 108 Å². The Morgan fingerprint density at radius 3 is 2.57 bits per heavy atom.